The summed E-state index contributed by atoms with van der Waals surface area (Å²) in [5, 5.41) is 5.20. The minimum Gasteiger partial charge on any atom is -0.321 e. The number of nitrogens with one attached hydrogen (secondary N) is 2. The smallest absolute Gasteiger partial charge is 0.238 e. The molecule has 0 aliphatic heterocycles. The highest BCUT2D eigenvalue weighted by molar-refractivity contribution is 6.33. The van der Waals surface area contributed by atoms with Crippen LogP contribution in [-0.4, -0.2) is 19.0 Å². The molecule has 1 rings (SSSR count). The molecule has 0 saturated heterocycles. The molecule has 0 unspecified atom stereocenters. The first-order chi connectivity index (χ1) is 7.65. The van der Waals surface area contributed by atoms with E-state index in [-0.39, 0.29) is 23.8 Å². The van der Waals surface area contributed by atoms with Gasteiger partial charge in [-0.15, -0.1) is 6.42 Å². The number of anilines is 1. The number of halogens is 2. The molecule has 3 nitrogen and oxygen atoms in total. The third-order valence-electron chi connectivity index (χ3n) is 1.74. The minimum atomic E-state index is -0.571. The summed E-state index contributed by atoms with van der Waals surface area (Å²) in [6.07, 6.45) is 4.99. The van der Waals surface area contributed by atoms with Crippen molar-refractivity contribution < 1.29 is 9.18 Å². The molecule has 0 spiro atoms. The summed E-state index contributed by atoms with van der Waals surface area (Å²) in [7, 11) is 0. The summed E-state index contributed by atoms with van der Waals surface area (Å²) in [5.74, 6) is 1.35. The van der Waals surface area contributed by atoms with Crippen LogP contribution < -0.4 is 10.6 Å². The Morgan fingerprint density at radius 3 is 2.94 bits per heavy atom. The number of hydrogen-bond acceptors (Lipinski definition) is 2. The van der Waals surface area contributed by atoms with Crippen LogP contribution in [0.25, 0.3) is 0 Å². The molecule has 0 saturated carbocycles. The molecule has 16 heavy (non-hydrogen) atoms. The molecule has 84 valence electrons. The molecule has 2 N–H and O–H groups in total. The third kappa shape index (κ3) is 3.54. The molecular formula is C11H10ClFN2O. The highest BCUT2D eigenvalue weighted by Crippen LogP contribution is 2.24. The van der Waals surface area contributed by atoms with Crippen LogP contribution in [0, 0.1) is 18.2 Å². The Labute approximate surface area is 98.0 Å². The van der Waals surface area contributed by atoms with Crippen molar-refractivity contribution in [1.29, 1.82) is 0 Å². The monoisotopic (exact) mass is 240 g/mol. The number of hydrogen-bond donors (Lipinski definition) is 2. The second kappa shape index (κ2) is 6.11. The maximum absolute atomic E-state index is 13.2. The lowest BCUT2D eigenvalue weighted by Crippen LogP contribution is -2.28. The lowest BCUT2D eigenvalue weighted by molar-refractivity contribution is -0.115. The van der Waals surface area contributed by atoms with Crippen molar-refractivity contribution in [2.24, 2.45) is 0 Å². The van der Waals surface area contributed by atoms with Crippen LogP contribution >= 0.6 is 11.6 Å². The van der Waals surface area contributed by atoms with Gasteiger partial charge in [0.2, 0.25) is 5.91 Å². The molecule has 1 aromatic carbocycles. The van der Waals surface area contributed by atoms with Gasteiger partial charge in [-0.2, -0.15) is 0 Å². The molecule has 5 heteroatoms. The van der Waals surface area contributed by atoms with E-state index in [9.17, 15) is 9.18 Å². The normalized spacial score (nSPS) is 9.56. The summed E-state index contributed by atoms with van der Waals surface area (Å²) in [5.41, 5.74) is -0.0170. The van der Waals surface area contributed by atoms with Gasteiger partial charge in [-0.25, -0.2) is 4.39 Å². The molecule has 0 bridgehead atoms. The molecular weight excluding hydrogens is 231 g/mol. The van der Waals surface area contributed by atoms with E-state index in [1.807, 2.05) is 0 Å². The van der Waals surface area contributed by atoms with Crippen LogP contribution in [0.3, 0.4) is 0 Å². The van der Waals surface area contributed by atoms with Crippen molar-refractivity contribution in [1.82, 2.24) is 5.32 Å². The average Bonchev–Trinajstić information content (AvgIpc) is 2.24. The van der Waals surface area contributed by atoms with Gasteiger partial charge in [0.05, 0.1) is 23.8 Å². The van der Waals surface area contributed by atoms with Gasteiger partial charge in [0, 0.05) is 0 Å². The Bertz CT molecular complexity index is 408. The van der Waals surface area contributed by atoms with Crippen molar-refractivity contribution in [3.05, 3.63) is 29.0 Å². The first kappa shape index (κ1) is 12.5. The molecule has 0 aromatic heterocycles. The van der Waals surface area contributed by atoms with Crippen molar-refractivity contribution in [2.75, 3.05) is 18.4 Å². The van der Waals surface area contributed by atoms with Crippen molar-refractivity contribution in [3.8, 4) is 12.3 Å². The van der Waals surface area contributed by atoms with Gasteiger partial charge in [0.15, 0.2) is 0 Å². The van der Waals surface area contributed by atoms with Gasteiger partial charge in [-0.1, -0.05) is 23.6 Å². The highest BCUT2D eigenvalue weighted by Gasteiger charge is 2.09. The fourth-order valence-corrected chi connectivity index (χ4v) is 1.26. The van der Waals surface area contributed by atoms with Crippen molar-refractivity contribution in [2.45, 2.75) is 0 Å². The molecule has 0 fully saturated rings. The predicted octanol–water partition coefficient (Wildman–Crippen LogP) is 1.64. The van der Waals surface area contributed by atoms with Gasteiger partial charge >= 0.3 is 0 Å². The lowest BCUT2D eigenvalue weighted by atomic mass is 10.3. The number of terminal acetylenes is 1. The van der Waals surface area contributed by atoms with E-state index >= 15 is 0 Å². The first-order valence-electron chi connectivity index (χ1n) is 4.53. The highest BCUT2D eigenvalue weighted by atomic mass is 35.5. The molecule has 1 amide bonds. The van der Waals surface area contributed by atoms with Crippen molar-refractivity contribution >= 4 is 23.2 Å². The van der Waals surface area contributed by atoms with Crippen LogP contribution in [0.5, 0.6) is 0 Å². The number of rotatable bonds is 4. The second-order valence-corrected chi connectivity index (χ2v) is 3.36. The fourth-order valence-electron chi connectivity index (χ4n) is 1.05. The van der Waals surface area contributed by atoms with E-state index in [4.69, 9.17) is 18.0 Å². The van der Waals surface area contributed by atoms with Crippen LogP contribution in [0.2, 0.25) is 5.02 Å². The van der Waals surface area contributed by atoms with Gasteiger partial charge in [0.1, 0.15) is 5.82 Å². The number of para-hydroxylation sites is 1. The van der Waals surface area contributed by atoms with Crippen molar-refractivity contribution in [3.63, 3.8) is 0 Å². The Hall–Kier alpha value is -1.57. The summed E-state index contributed by atoms with van der Waals surface area (Å²) in [4.78, 5) is 11.3. The van der Waals surface area contributed by atoms with E-state index in [0.29, 0.717) is 0 Å². The number of benzene rings is 1. The van der Waals surface area contributed by atoms with E-state index in [1.54, 1.807) is 0 Å². The predicted molar refractivity (Wildman–Crippen MR) is 61.7 cm³/mol. The van der Waals surface area contributed by atoms with Gasteiger partial charge in [-0.3, -0.25) is 10.1 Å². The average molecular weight is 241 g/mol. The lowest BCUT2D eigenvalue weighted by Gasteiger charge is -2.07. The molecule has 0 aliphatic carbocycles. The van der Waals surface area contributed by atoms with Crippen LogP contribution in [0.4, 0.5) is 10.1 Å². The topological polar surface area (TPSA) is 41.1 Å². The van der Waals surface area contributed by atoms with E-state index < -0.39 is 11.7 Å². The first-order valence-corrected chi connectivity index (χ1v) is 4.91. The zero-order valence-electron chi connectivity index (χ0n) is 8.39. The summed E-state index contributed by atoms with van der Waals surface area (Å²) >= 11 is 5.73. The van der Waals surface area contributed by atoms with Crippen LogP contribution in [0.1, 0.15) is 0 Å². The number of carbonyl (C=O) groups excluding carboxylic acids is 1. The standard InChI is InChI=1S/C11H10ClFN2O/c1-2-6-14-7-10(16)15-11-8(12)4-3-5-9(11)13/h1,3-5,14H,6-7H2,(H,15,16). The molecule has 0 aliphatic rings. The SMILES string of the molecule is C#CCNCC(=O)Nc1c(F)cccc1Cl. The summed E-state index contributed by atoms with van der Waals surface area (Å²) in [6, 6.07) is 4.18. The second-order valence-electron chi connectivity index (χ2n) is 2.95. The maximum atomic E-state index is 13.2. The number of amides is 1. The Morgan fingerprint density at radius 1 is 1.56 bits per heavy atom. The van der Waals surface area contributed by atoms with E-state index in [0.717, 1.165) is 0 Å². The minimum absolute atomic E-state index is 0.00879. The zero-order valence-corrected chi connectivity index (χ0v) is 9.14. The van der Waals surface area contributed by atoms with E-state index in [1.165, 1.54) is 18.2 Å². The van der Waals surface area contributed by atoms with Crippen LogP contribution in [0.15, 0.2) is 18.2 Å². The van der Waals surface area contributed by atoms with Gasteiger partial charge in [-0.05, 0) is 12.1 Å². The quantitative estimate of drug-likeness (QED) is 0.621. The Morgan fingerprint density at radius 2 is 2.31 bits per heavy atom. The van der Waals surface area contributed by atoms with E-state index in [2.05, 4.69) is 16.6 Å². The maximum Gasteiger partial charge on any atom is 0.238 e. The molecule has 0 atom stereocenters. The van der Waals surface area contributed by atoms with Gasteiger partial charge < -0.3 is 5.32 Å². The molecule has 0 radical (unpaired) electrons. The molecule has 0 heterocycles. The molecule has 1 aromatic rings. The summed E-state index contributed by atoms with van der Waals surface area (Å²) in [6.45, 7) is 0.285. The third-order valence-corrected chi connectivity index (χ3v) is 2.05. The Balaban J connectivity index is 2.60. The largest absolute Gasteiger partial charge is 0.321 e. The number of carbonyl (C=O) groups is 1. The summed E-state index contributed by atoms with van der Waals surface area (Å²) < 4.78 is 13.2. The van der Waals surface area contributed by atoms with Gasteiger partial charge in [0.25, 0.3) is 0 Å². The fraction of sp³-hybridized carbons (Fsp3) is 0.182. The Kier molecular flexibility index (Phi) is 4.77. The van der Waals surface area contributed by atoms with Crippen LogP contribution in [-0.2, 0) is 4.79 Å². The zero-order chi connectivity index (χ0) is 12.0.